The number of esters is 2. The molecule has 1 saturated heterocycles. The number of ether oxygens (including phenoxy) is 7. The molecule has 10 nitrogen and oxygen atoms in total. The third-order valence-corrected chi connectivity index (χ3v) is 18.3. The van der Waals surface area contributed by atoms with Gasteiger partial charge in [-0.25, -0.2) is 9.59 Å². The first-order chi connectivity index (χ1) is 30.8. The minimum absolute atomic E-state index is 0.0641. The maximum absolute atomic E-state index is 13.7. The van der Waals surface area contributed by atoms with Crippen LogP contribution in [0.3, 0.4) is 0 Å². The van der Waals surface area contributed by atoms with E-state index < -0.39 is 52.4 Å². The average Bonchev–Trinajstić information content (AvgIpc) is 3.59. The van der Waals surface area contributed by atoms with Crippen LogP contribution in [-0.2, 0) is 34.7 Å². The van der Waals surface area contributed by atoms with Crippen molar-refractivity contribution < 1.29 is 47.2 Å². The third-order valence-electron chi connectivity index (χ3n) is 11.5. The monoisotopic (exact) mass is 922 g/mol. The lowest BCUT2D eigenvalue weighted by atomic mass is 9.98. The Balaban J connectivity index is 1.45. The topological polar surface area (TPSA) is 108 Å². The smallest absolute Gasteiger partial charge is 0.339 e. The second kappa shape index (κ2) is 22.6. The lowest BCUT2D eigenvalue weighted by molar-refractivity contribution is -0.156. The van der Waals surface area contributed by atoms with Gasteiger partial charge in [-0.05, 0) is 90.5 Å². The van der Waals surface area contributed by atoms with Crippen molar-refractivity contribution in [3.8, 4) is 11.5 Å². The molecule has 4 aromatic rings. The van der Waals surface area contributed by atoms with Crippen LogP contribution in [0.2, 0.25) is 30.7 Å². The largest absolute Gasteiger partial charge is 0.497 e. The highest BCUT2D eigenvalue weighted by Gasteiger charge is 2.51. The van der Waals surface area contributed by atoms with Crippen molar-refractivity contribution >= 4 is 44.8 Å². The van der Waals surface area contributed by atoms with E-state index in [4.69, 9.17) is 37.6 Å². The molecule has 0 spiro atoms. The van der Waals surface area contributed by atoms with Gasteiger partial charge in [0.05, 0.1) is 51.8 Å². The minimum atomic E-state index is -2.79. The SMILES string of the molecule is COC(=O)c1cc(OC)cc(C=CC[C@@H]2OC(C)(C)O[C@@H]2C(C=CC[C@@H](C)O[Si](c2ccccc2)(c2ccccc2)C(C)(C)C)OCc2ccc(OC)cc2)c1C(=O)OCC[Si](C)(C)C. The van der Waals surface area contributed by atoms with Gasteiger partial charge in [0, 0.05) is 14.2 Å². The molecule has 0 saturated carbocycles. The zero-order valence-corrected chi connectivity index (χ0v) is 42.5. The van der Waals surface area contributed by atoms with Crippen LogP contribution < -0.4 is 19.8 Å². The van der Waals surface area contributed by atoms with E-state index in [9.17, 15) is 9.59 Å². The van der Waals surface area contributed by atoms with E-state index in [-0.39, 0.29) is 28.9 Å². The van der Waals surface area contributed by atoms with Crippen molar-refractivity contribution in [3.63, 3.8) is 0 Å². The summed E-state index contributed by atoms with van der Waals surface area (Å²) in [5.74, 6) is -1.03. The molecule has 4 atom stereocenters. The van der Waals surface area contributed by atoms with E-state index >= 15 is 0 Å². The van der Waals surface area contributed by atoms with Crippen molar-refractivity contribution in [3.05, 3.63) is 138 Å². The molecule has 1 aliphatic heterocycles. The second-order valence-electron chi connectivity index (χ2n) is 19.2. The van der Waals surface area contributed by atoms with E-state index in [1.54, 1.807) is 19.3 Å². The Kier molecular flexibility index (Phi) is 17.8. The van der Waals surface area contributed by atoms with Crippen molar-refractivity contribution in [1.29, 1.82) is 0 Å². The van der Waals surface area contributed by atoms with E-state index in [1.165, 1.54) is 30.7 Å². The fourth-order valence-corrected chi connectivity index (χ4v) is 13.6. The standard InChI is InChI=1S/C53H70O10Si2/c1-38(63-65(52(2,3)4,43-23-15-13-16-24-43)44-25-17-14-18-26-44)21-19-27-46(60-37-39-29-31-41(56-7)32-30-39)49-47(61-53(5,6)62-49)28-20-22-40-35-42(57-8)36-45(50(54)58-9)48(40)51(55)59-33-34-64(10,11)12/h13-20,22-27,29-32,35-36,38,46-47,49H,21,28,33-34,37H2,1-12H3/t38-,46?,47+,49-/m1/s1. The zero-order chi connectivity index (χ0) is 47.4. The summed E-state index contributed by atoms with van der Waals surface area (Å²) < 4.78 is 49.2. The van der Waals surface area contributed by atoms with Gasteiger partial charge in [-0.2, -0.15) is 0 Å². The quantitative estimate of drug-likeness (QED) is 0.0455. The number of carbonyl (C=O) groups is 2. The number of hydrogen-bond acceptors (Lipinski definition) is 10. The highest BCUT2D eigenvalue weighted by molar-refractivity contribution is 6.99. The molecule has 1 aliphatic rings. The summed E-state index contributed by atoms with van der Waals surface area (Å²) in [6.07, 6.45) is 7.32. The van der Waals surface area contributed by atoms with Crippen LogP contribution in [-0.4, -0.2) is 86.5 Å². The van der Waals surface area contributed by atoms with Crippen LogP contribution in [0.15, 0.2) is 115 Å². The number of carbonyl (C=O) groups excluding carboxylic acids is 2. The Morgan fingerprint density at radius 3 is 1.97 bits per heavy atom. The summed E-state index contributed by atoms with van der Waals surface area (Å²) in [7, 11) is 0.146. The Bertz CT molecular complexity index is 2170. The summed E-state index contributed by atoms with van der Waals surface area (Å²) in [4.78, 5) is 26.8. The average molecular weight is 923 g/mol. The first-order valence-electron chi connectivity index (χ1n) is 22.5. The van der Waals surface area contributed by atoms with Crippen molar-refractivity contribution in [1.82, 2.24) is 0 Å². The molecular weight excluding hydrogens is 853 g/mol. The molecule has 1 heterocycles. The zero-order valence-electron chi connectivity index (χ0n) is 40.5. The molecule has 1 unspecified atom stereocenters. The summed E-state index contributed by atoms with van der Waals surface area (Å²) in [5, 5.41) is 2.29. The van der Waals surface area contributed by atoms with Gasteiger partial charge in [0.15, 0.2) is 5.79 Å². The highest BCUT2D eigenvalue weighted by atomic mass is 28.4. The molecule has 0 radical (unpaired) electrons. The molecule has 0 N–H and O–H groups in total. The van der Waals surface area contributed by atoms with Gasteiger partial charge >= 0.3 is 11.9 Å². The molecule has 12 heteroatoms. The lowest BCUT2D eigenvalue weighted by Gasteiger charge is -2.44. The van der Waals surface area contributed by atoms with Gasteiger partial charge in [0.1, 0.15) is 23.7 Å². The molecule has 4 aromatic carbocycles. The van der Waals surface area contributed by atoms with Crippen LogP contribution >= 0.6 is 0 Å². The van der Waals surface area contributed by atoms with Crippen LogP contribution in [0.4, 0.5) is 0 Å². The summed E-state index contributed by atoms with van der Waals surface area (Å²) in [6.45, 7) is 20.0. The van der Waals surface area contributed by atoms with Gasteiger partial charge in [-0.15, -0.1) is 0 Å². The van der Waals surface area contributed by atoms with E-state index in [2.05, 4.69) is 120 Å². The van der Waals surface area contributed by atoms with Crippen LogP contribution in [0.1, 0.15) is 86.2 Å². The number of hydrogen-bond donors (Lipinski definition) is 0. The van der Waals surface area contributed by atoms with Crippen molar-refractivity contribution in [2.24, 2.45) is 0 Å². The summed E-state index contributed by atoms with van der Waals surface area (Å²) >= 11 is 0. The summed E-state index contributed by atoms with van der Waals surface area (Å²) in [5.41, 5.74) is 1.61. The van der Waals surface area contributed by atoms with E-state index in [0.29, 0.717) is 30.8 Å². The highest BCUT2D eigenvalue weighted by Crippen LogP contribution is 2.38. The lowest BCUT2D eigenvalue weighted by Crippen LogP contribution is -2.67. The Labute approximate surface area is 389 Å². The maximum Gasteiger partial charge on any atom is 0.339 e. The summed E-state index contributed by atoms with van der Waals surface area (Å²) in [6, 6.07) is 33.1. The molecule has 0 aliphatic carbocycles. The molecule has 0 amide bonds. The third kappa shape index (κ3) is 13.6. The van der Waals surface area contributed by atoms with Gasteiger partial charge in [-0.1, -0.05) is 138 Å². The predicted molar refractivity (Wildman–Crippen MR) is 264 cm³/mol. The molecule has 5 rings (SSSR count). The van der Waals surface area contributed by atoms with Gasteiger partial charge in [0.2, 0.25) is 0 Å². The fraction of sp³-hybridized carbons (Fsp3) is 0.434. The normalized spacial score (nSPS) is 17.5. The Hall–Kier alpha value is -4.83. The number of rotatable bonds is 21. The Morgan fingerprint density at radius 1 is 0.800 bits per heavy atom. The molecule has 0 bridgehead atoms. The van der Waals surface area contributed by atoms with E-state index in [0.717, 1.165) is 17.4 Å². The Morgan fingerprint density at radius 2 is 1.42 bits per heavy atom. The van der Waals surface area contributed by atoms with Gasteiger partial charge < -0.3 is 37.6 Å². The second-order valence-corrected chi connectivity index (χ2v) is 29.1. The molecular formula is C53H70O10Si2. The minimum Gasteiger partial charge on any atom is -0.497 e. The molecule has 350 valence electrons. The van der Waals surface area contributed by atoms with Gasteiger partial charge in [-0.3, -0.25) is 0 Å². The fourth-order valence-electron chi connectivity index (χ4n) is 8.18. The first-order valence-corrected chi connectivity index (χ1v) is 28.1. The van der Waals surface area contributed by atoms with Crippen molar-refractivity contribution in [2.45, 2.75) is 122 Å². The maximum atomic E-state index is 13.7. The molecule has 65 heavy (non-hydrogen) atoms. The predicted octanol–water partition coefficient (Wildman–Crippen LogP) is 10.4. The number of methoxy groups -OCH3 is 3. The van der Waals surface area contributed by atoms with Crippen molar-refractivity contribution in [2.75, 3.05) is 27.9 Å². The van der Waals surface area contributed by atoms with Gasteiger partial charge in [0.25, 0.3) is 8.32 Å². The van der Waals surface area contributed by atoms with E-state index in [1.807, 2.05) is 44.2 Å². The molecule has 1 fully saturated rings. The van der Waals surface area contributed by atoms with Crippen LogP contribution in [0.25, 0.3) is 6.08 Å². The van der Waals surface area contributed by atoms with Crippen LogP contribution in [0, 0.1) is 0 Å². The first kappa shape index (κ1) is 51.2. The molecule has 0 aromatic heterocycles. The number of benzene rings is 4. The van der Waals surface area contributed by atoms with Crippen LogP contribution in [0.5, 0.6) is 11.5 Å².